The first-order valence-corrected chi connectivity index (χ1v) is 6.18. The van der Waals surface area contributed by atoms with Gasteiger partial charge in [-0.15, -0.1) is 0 Å². The van der Waals surface area contributed by atoms with Gasteiger partial charge >= 0.3 is 0 Å². The number of hydrogen-bond acceptors (Lipinski definition) is 2. The van der Waals surface area contributed by atoms with Crippen LogP contribution in [-0.2, 0) is 6.42 Å². The topological polar surface area (TPSA) is 49.3 Å². The second kappa shape index (κ2) is 6.30. The van der Waals surface area contributed by atoms with Crippen LogP contribution in [0.2, 0.25) is 0 Å². The van der Waals surface area contributed by atoms with E-state index >= 15 is 0 Å². The minimum atomic E-state index is -0.843. The van der Waals surface area contributed by atoms with E-state index in [1.165, 1.54) is 12.1 Å². The van der Waals surface area contributed by atoms with Gasteiger partial charge in [0.25, 0.3) is 5.91 Å². The molecule has 0 unspecified atom stereocenters. The van der Waals surface area contributed by atoms with Crippen LogP contribution in [0.5, 0.6) is 5.75 Å². The van der Waals surface area contributed by atoms with Crippen molar-refractivity contribution in [3.05, 3.63) is 65.0 Å². The highest BCUT2D eigenvalue weighted by Gasteiger charge is 2.15. The number of halogens is 3. The van der Waals surface area contributed by atoms with Crippen LogP contribution in [0.1, 0.15) is 15.9 Å². The third-order valence-electron chi connectivity index (χ3n) is 2.84. The summed E-state index contributed by atoms with van der Waals surface area (Å²) in [5.74, 6) is -3.51. The second-order valence-corrected chi connectivity index (χ2v) is 4.42. The Hall–Kier alpha value is -2.50. The summed E-state index contributed by atoms with van der Waals surface area (Å²) in [4.78, 5) is 11.8. The molecule has 21 heavy (non-hydrogen) atoms. The molecule has 0 fully saturated rings. The molecule has 2 aromatic rings. The third kappa shape index (κ3) is 3.75. The van der Waals surface area contributed by atoms with Crippen LogP contribution in [-0.4, -0.2) is 17.6 Å². The average molecular weight is 295 g/mol. The van der Waals surface area contributed by atoms with Crippen LogP contribution >= 0.6 is 0 Å². The van der Waals surface area contributed by atoms with Crippen LogP contribution in [0.4, 0.5) is 13.2 Å². The van der Waals surface area contributed by atoms with E-state index in [9.17, 15) is 23.1 Å². The molecule has 2 rings (SSSR count). The fourth-order valence-corrected chi connectivity index (χ4v) is 1.90. The van der Waals surface area contributed by atoms with Crippen molar-refractivity contribution in [3.8, 4) is 5.75 Å². The van der Waals surface area contributed by atoms with E-state index in [1.54, 1.807) is 0 Å². The van der Waals surface area contributed by atoms with E-state index in [0.29, 0.717) is 5.56 Å². The Kier molecular flexibility index (Phi) is 4.47. The predicted molar refractivity (Wildman–Crippen MR) is 70.5 cm³/mol. The maximum absolute atomic E-state index is 13.4. The molecule has 2 N–H and O–H groups in total. The number of benzene rings is 2. The zero-order valence-electron chi connectivity index (χ0n) is 10.9. The Morgan fingerprint density at radius 2 is 1.76 bits per heavy atom. The van der Waals surface area contributed by atoms with Gasteiger partial charge < -0.3 is 10.4 Å². The number of phenolic OH excluding ortho intramolecular Hbond substituents is 1. The molecule has 0 aromatic heterocycles. The number of phenols is 1. The molecule has 0 bridgehead atoms. The summed E-state index contributed by atoms with van der Waals surface area (Å²) < 4.78 is 39.4. The van der Waals surface area contributed by atoms with Gasteiger partial charge in [0.15, 0.2) is 0 Å². The fraction of sp³-hybridized carbons (Fsp3) is 0.133. The summed E-state index contributed by atoms with van der Waals surface area (Å²) in [6.07, 6.45) is 0.176. The number of amides is 1. The summed E-state index contributed by atoms with van der Waals surface area (Å²) in [5, 5.41) is 11.8. The lowest BCUT2D eigenvalue weighted by molar-refractivity contribution is 0.0947. The van der Waals surface area contributed by atoms with Gasteiger partial charge in [0, 0.05) is 12.6 Å². The standard InChI is InChI=1S/C15H12F3NO2/c16-10-6-9(7-11(17)8-10)4-5-19-15(21)14-12(18)2-1-3-13(14)20/h1-3,6-8,20H,4-5H2,(H,19,21). The van der Waals surface area contributed by atoms with Gasteiger partial charge in [0.2, 0.25) is 0 Å². The number of carbonyl (C=O) groups excluding carboxylic acids is 1. The molecule has 0 radical (unpaired) electrons. The van der Waals surface area contributed by atoms with Gasteiger partial charge in [-0.1, -0.05) is 6.07 Å². The second-order valence-electron chi connectivity index (χ2n) is 4.42. The number of carbonyl (C=O) groups is 1. The molecular formula is C15H12F3NO2. The molecule has 0 saturated carbocycles. The third-order valence-corrected chi connectivity index (χ3v) is 2.84. The number of hydrogen-bond donors (Lipinski definition) is 2. The number of nitrogens with one attached hydrogen (secondary N) is 1. The number of aromatic hydroxyl groups is 1. The molecule has 1 amide bonds. The average Bonchev–Trinajstić information content (AvgIpc) is 2.37. The smallest absolute Gasteiger partial charge is 0.258 e. The molecule has 110 valence electrons. The van der Waals surface area contributed by atoms with Crippen molar-refractivity contribution in [2.24, 2.45) is 0 Å². The maximum atomic E-state index is 13.4. The molecule has 0 spiro atoms. The first-order valence-electron chi connectivity index (χ1n) is 6.18. The highest BCUT2D eigenvalue weighted by Crippen LogP contribution is 2.19. The Labute approximate surface area is 119 Å². The van der Waals surface area contributed by atoms with Crippen molar-refractivity contribution in [1.29, 1.82) is 0 Å². The first-order chi connectivity index (χ1) is 9.97. The van der Waals surface area contributed by atoms with Gasteiger partial charge in [-0.25, -0.2) is 13.2 Å². The fourth-order valence-electron chi connectivity index (χ4n) is 1.90. The first kappa shape index (κ1) is 14.9. The normalized spacial score (nSPS) is 10.4. The van der Waals surface area contributed by atoms with Gasteiger partial charge in [0.1, 0.15) is 28.8 Å². The maximum Gasteiger partial charge on any atom is 0.258 e. The molecule has 6 heteroatoms. The lowest BCUT2D eigenvalue weighted by Crippen LogP contribution is -2.26. The summed E-state index contributed by atoms with van der Waals surface area (Å²) in [5.41, 5.74) is -0.0894. The Balaban J connectivity index is 1.99. The molecule has 0 aliphatic heterocycles. The van der Waals surface area contributed by atoms with Crippen LogP contribution in [0, 0.1) is 17.5 Å². The number of rotatable bonds is 4. The van der Waals surface area contributed by atoms with Crippen molar-refractivity contribution in [3.63, 3.8) is 0 Å². The molecular weight excluding hydrogens is 283 g/mol. The summed E-state index contributed by atoms with van der Waals surface area (Å²) in [6, 6.07) is 6.57. The van der Waals surface area contributed by atoms with E-state index in [1.807, 2.05) is 0 Å². The monoisotopic (exact) mass is 295 g/mol. The minimum absolute atomic E-state index is 0.0511. The van der Waals surface area contributed by atoms with Crippen molar-refractivity contribution in [2.45, 2.75) is 6.42 Å². The van der Waals surface area contributed by atoms with Crippen molar-refractivity contribution in [1.82, 2.24) is 5.32 Å². The molecule has 0 atom stereocenters. The highest BCUT2D eigenvalue weighted by atomic mass is 19.1. The minimum Gasteiger partial charge on any atom is -0.507 e. The van der Waals surface area contributed by atoms with E-state index in [2.05, 4.69) is 5.32 Å². The molecule has 0 aliphatic rings. The lowest BCUT2D eigenvalue weighted by Gasteiger charge is -2.08. The molecule has 2 aromatic carbocycles. The van der Waals surface area contributed by atoms with Gasteiger partial charge in [-0.05, 0) is 36.2 Å². The Bertz CT molecular complexity index is 633. The van der Waals surface area contributed by atoms with Gasteiger partial charge in [-0.2, -0.15) is 0 Å². The summed E-state index contributed by atoms with van der Waals surface area (Å²) in [6.45, 7) is 0.0511. The highest BCUT2D eigenvalue weighted by molar-refractivity contribution is 5.97. The Morgan fingerprint density at radius 1 is 1.10 bits per heavy atom. The van der Waals surface area contributed by atoms with E-state index in [4.69, 9.17) is 0 Å². The van der Waals surface area contributed by atoms with Gasteiger partial charge in [-0.3, -0.25) is 4.79 Å². The summed E-state index contributed by atoms with van der Waals surface area (Å²) >= 11 is 0. The zero-order chi connectivity index (χ0) is 15.4. The van der Waals surface area contributed by atoms with Crippen LogP contribution < -0.4 is 5.32 Å². The van der Waals surface area contributed by atoms with Gasteiger partial charge in [0.05, 0.1) is 0 Å². The van der Waals surface area contributed by atoms with E-state index in [-0.39, 0.29) is 13.0 Å². The van der Waals surface area contributed by atoms with E-state index in [0.717, 1.165) is 24.3 Å². The predicted octanol–water partition coefficient (Wildman–Crippen LogP) is 2.78. The quantitative estimate of drug-likeness (QED) is 0.911. The zero-order valence-corrected chi connectivity index (χ0v) is 10.9. The van der Waals surface area contributed by atoms with E-state index < -0.39 is 34.7 Å². The molecule has 0 heterocycles. The van der Waals surface area contributed by atoms with Crippen molar-refractivity contribution >= 4 is 5.91 Å². The summed E-state index contributed by atoms with van der Waals surface area (Å²) in [7, 11) is 0. The lowest BCUT2D eigenvalue weighted by atomic mass is 10.1. The molecule has 0 saturated heterocycles. The SMILES string of the molecule is O=C(NCCc1cc(F)cc(F)c1)c1c(O)cccc1F. The largest absolute Gasteiger partial charge is 0.507 e. The van der Waals surface area contributed by atoms with Crippen molar-refractivity contribution in [2.75, 3.05) is 6.54 Å². The van der Waals surface area contributed by atoms with Crippen LogP contribution in [0.15, 0.2) is 36.4 Å². The van der Waals surface area contributed by atoms with Crippen LogP contribution in [0.25, 0.3) is 0 Å². The van der Waals surface area contributed by atoms with Crippen LogP contribution in [0.3, 0.4) is 0 Å². The Morgan fingerprint density at radius 3 is 2.38 bits per heavy atom. The van der Waals surface area contributed by atoms with Crippen molar-refractivity contribution < 1.29 is 23.1 Å². The molecule has 3 nitrogen and oxygen atoms in total. The molecule has 0 aliphatic carbocycles.